The second kappa shape index (κ2) is 9.79. The number of nitrogens with one attached hydrogen (secondary N) is 1. The number of piperidine rings is 1. The summed E-state index contributed by atoms with van der Waals surface area (Å²) in [7, 11) is 1.61. The minimum Gasteiger partial charge on any atom is -0.493 e. The Balaban J connectivity index is 1.91. The molecule has 5 nitrogen and oxygen atoms in total. The Hall–Kier alpha value is -2.01. The lowest BCUT2D eigenvalue weighted by molar-refractivity contribution is -0.117. The van der Waals surface area contributed by atoms with Gasteiger partial charge in [-0.05, 0) is 69.8 Å². The van der Waals surface area contributed by atoms with Crippen LogP contribution in [0.2, 0.25) is 0 Å². The van der Waals surface area contributed by atoms with Crippen LogP contribution in [-0.2, 0) is 4.79 Å². The highest BCUT2D eigenvalue weighted by molar-refractivity contribution is 5.91. The molecule has 0 bridgehead atoms. The first kappa shape index (κ1) is 21.3. The fourth-order valence-corrected chi connectivity index (χ4v) is 3.45. The predicted molar refractivity (Wildman–Crippen MR) is 110 cm³/mol. The van der Waals surface area contributed by atoms with Crippen LogP contribution in [0.1, 0.15) is 46.1 Å². The fraction of sp³-hybridized carbons (Fsp3) is 0.591. The largest absolute Gasteiger partial charge is 0.493 e. The molecule has 1 saturated heterocycles. The Morgan fingerprint density at radius 2 is 2.15 bits per heavy atom. The van der Waals surface area contributed by atoms with E-state index in [0.717, 1.165) is 24.6 Å². The van der Waals surface area contributed by atoms with E-state index < -0.39 is 0 Å². The summed E-state index contributed by atoms with van der Waals surface area (Å²) < 4.78 is 10.9. The van der Waals surface area contributed by atoms with E-state index in [1.54, 1.807) is 19.3 Å². The van der Waals surface area contributed by atoms with Crippen LogP contribution in [0.4, 0.5) is 0 Å². The highest BCUT2D eigenvalue weighted by Gasteiger charge is 2.30. The van der Waals surface area contributed by atoms with Crippen molar-refractivity contribution in [2.45, 2.75) is 46.1 Å². The molecule has 150 valence electrons. The molecule has 1 aliphatic heterocycles. The van der Waals surface area contributed by atoms with Crippen LogP contribution < -0.4 is 14.8 Å². The normalized spacial score (nSPS) is 18.5. The molecule has 0 saturated carbocycles. The van der Waals surface area contributed by atoms with Crippen LogP contribution in [0.25, 0.3) is 6.08 Å². The summed E-state index contributed by atoms with van der Waals surface area (Å²) in [5.41, 5.74) is 0.857. The van der Waals surface area contributed by atoms with E-state index in [2.05, 4.69) is 31.0 Å². The number of ether oxygens (including phenoxy) is 2. The zero-order valence-corrected chi connectivity index (χ0v) is 17.4. The Labute approximate surface area is 163 Å². The summed E-state index contributed by atoms with van der Waals surface area (Å²) in [5, 5.41) is 3.04. The van der Waals surface area contributed by atoms with Crippen molar-refractivity contribution in [3.63, 3.8) is 0 Å². The molecule has 1 aromatic rings. The first-order chi connectivity index (χ1) is 12.9. The summed E-state index contributed by atoms with van der Waals surface area (Å²) in [6.45, 7) is 12.1. The second-order valence-corrected chi connectivity index (χ2v) is 7.90. The number of hydrogen-bond acceptors (Lipinski definition) is 4. The number of likely N-dealkylation sites (tertiary alicyclic amines) is 1. The van der Waals surface area contributed by atoms with Crippen molar-refractivity contribution in [1.82, 2.24) is 10.2 Å². The predicted octanol–water partition coefficient (Wildman–Crippen LogP) is 3.73. The van der Waals surface area contributed by atoms with E-state index in [0.29, 0.717) is 24.7 Å². The van der Waals surface area contributed by atoms with E-state index in [-0.39, 0.29) is 11.4 Å². The molecule has 1 aromatic carbocycles. The molecule has 0 aliphatic carbocycles. The topological polar surface area (TPSA) is 50.8 Å². The number of hydrogen-bond donors (Lipinski definition) is 1. The summed E-state index contributed by atoms with van der Waals surface area (Å²) in [6.07, 6.45) is 5.90. The lowest BCUT2D eigenvalue weighted by Gasteiger charge is -2.43. The zero-order valence-electron chi connectivity index (χ0n) is 17.4. The maximum absolute atomic E-state index is 12.3. The molecule has 1 unspecified atom stereocenters. The van der Waals surface area contributed by atoms with Crippen LogP contribution in [0, 0.1) is 5.92 Å². The van der Waals surface area contributed by atoms with Crippen molar-refractivity contribution in [3.8, 4) is 11.5 Å². The van der Waals surface area contributed by atoms with Gasteiger partial charge in [-0.25, -0.2) is 0 Å². The fourth-order valence-electron chi connectivity index (χ4n) is 3.45. The number of benzene rings is 1. The molecule has 1 heterocycles. The van der Waals surface area contributed by atoms with Crippen molar-refractivity contribution >= 4 is 12.0 Å². The number of methoxy groups -OCH3 is 1. The van der Waals surface area contributed by atoms with Gasteiger partial charge in [0.05, 0.1) is 13.7 Å². The number of nitrogens with zero attached hydrogens (tertiary/aromatic N) is 1. The third kappa shape index (κ3) is 6.28. The molecule has 1 aliphatic rings. The van der Waals surface area contributed by atoms with Gasteiger partial charge in [0.1, 0.15) is 0 Å². The molecule has 0 radical (unpaired) electrons. The average molecular weight is 375 g/mol. The van der Waals surface area contributed by atoms with E-state index in [1.165, 1.54) is 12.8 Å². The van der Waals surface area contributed by atoms with Crippen LogP contribution in [0.5, 0.6) is 11.5 Å². The Morgan fingerprint density at radius 3 is 2.81 bits per heavy atom. The third-order valence-electron chi connectivity index (χ3n) is 5.12. The van der Waals surface area contributed by atoms with Gasteiger partial charge in [0.15, 0.2) is 11.5 Å². The third-order valence-corrected chi connectivity index (χ3v) is 5.12. The van der Waals surface area contributed by atoms with Gasteiger partial charge in [-0.15, -0.1) is 0 Å². The van der Waals surface area contributed by atoms with Gasteiger partial charge in [0.25, 0.3) is 0 Å². The number of rotatable bonds is 8. The van der Waals surface area contributed by atoms with Crippen molar-refractivity contribution < 1.29 is 14.3 Å². The maximum Gasteiger partial charge on any atom is 0.244 e. The standard InChI is InChI=1S/C22H34N2O3/c1-6-27-19-11-9-18(14-20(19)26-5)10-12-21(25)23-16-22(3,4)24-13-7-8-17(2)15-24/h9-12,14,17H,6-8,13,15-16H2,1-5H3,(H,23,25). The van der Waals surface area contributed by atoms with Crippen LogP contribution >= 0.6 is 0 Å². The number of carbonyl (C=O) groups excluding carboxylic acids is 1. The first-order valence-electron chi connectivity index (χ1n) is 9.87. The van der Waals surface area contributed by atoms with Gasteiger partial charge in [0, 0.05) is 24.7 Å². The highest BCUT2D eigenvalue weighted by atomic mass is 16.5. The van der Waals surface area contributed by atoms with Crippen LogP contribution in [-0.4, -0.2) is 49.7 Å². The SMILES string of the molecule is CCOc1ccc(C=CC(=O)NCC(C)(C)N2CCCC(C)C2)cc1OC. The molecule has 5 heteroatoms. The van der Waals surface area contributed by atoms with Gasteiger partial charge in [-0.1, -0.05) is 13.0 Å². The molecular weight excluding hydrogens is 340 g/mol. The summed E-state index contributed by atoms with van der Waals surface area (Å²) in [4.78, 5) is 14.8. The maximum atomic E-state index is 12.3. The monoisotopic (exact) mass is 374 g/mol. The smallest absolute Gasteiger partial charge is 0.244 e. The molecule has 1 atom stereocenters. The Bertz CT molecular complexity index is 655. The van der Waals surface area contributed by atoms with Gasteiger partial charge in [-0.2, -0.15) is 0 Å². The molecule has 1 N–H and O–H groups in total. The van der Waals surface area contributed by atoms with Crippen LogP contribution in [0.15, 0.2) is 24.3 Å². The number of amides is 1. The Kier molecular flexibility index (Phi) is 7.72. The molecule has 1 fully saturated rings. The molecular formula is C22H34N2O3. The van der Waals surface area contributed by atoms with Gasteiger partial charge < -0.3 is 14.8 Å². The van der Waals surface area contributed by atoms with Crippen molar-refractivity contribution in [3.05, 3.63) is 29.8 Å². The molecule has 1 amide bonds. The quantitative estimate of drug-likeness (QED) is 0.705. The molecule has 0 aromatic heterocycles. The first-order valence-corrected chi connectivity index (χ1v) is 9.87. The van der Waals surface area contributed by atoms with Gasteiger partial charge >= 0.3 is 0 Å². The summed E-state index contributed by atoms with van der Waals surface area (Å²) in [6, 6.07) is 5.64. The number of carbonyl (C=O) groups is 1. The minimum absolute atomic E-state index is 0.0411. The van der Waals surface area contributed by atoms with Crippen molar-refractivity contribution in [1.29, 1.82) is 0 Å². The molecule has 2 rings (SSSR count). The summed E-state index contributed by atoms with van der Waals surface area (Å²) >= 11 is 0. The van der Waals surface area contributed by atoms with Crippen molar-refractivity contribution in [2.24, 2.45) is 5.92 Å². The Morgan fingerprint density at radius 1 is 1.37 bits per heavy atom. The summed E-state index contributed by atoms with van der Waals surface area (Å²) in [5.74, 6) is 2.02. The van der Waals surface area contributed by atoms with Gasteiger partial charge in [0.2, 0.25) is 5.91 Å². The molecule has 27 heavy (non-hydrogen) atoms. The average Bonchev–Trinajstić information content (AvgIpc) is 2.65. The van der Waals surface area contributed by atoms with Gasteiger partial charge in [-0.3, -0.25) is 9.69 Å². The lowest BCUT2D eigenvalue weighted by Crippen LogP contribution is -2.54. The van der Waals surface area contributed by atoms with Crippen LogP contribution in [0.3, 0.4) is 0 Å². The second-order valence-electron chi connectivity index (χ2n) is 7.90. The van der Waals surface area contributed by atoms with Crippen molar-refractivity contribution in [2.75, 3.05) is 33.4 Å². The van der Waals surface area contributed by atoms with E-state index in [4.69, 9.17) is 9.47 Å². The zero-order chi connectivity index (χ0) is 19.9. The van der Waals surface area contributed by atoms with E-state index in [9.17, 15) is 4.79 Å². The molecule has 0 spiro atoms. The van der Waals surface area contributed by atoms with E-state index in [1.807, 2.05) is 25.1 Å². The van der Waals surface area contributed by atoms with E-state index >= 15 is 0 Å². The lowest BCUT2D eigenvalue weighted by atomic mass is 9.93. The highest BCUT2D eigenvalue weighted by Crippen LogP contribution is 2.28. The minimum atomic E-state index is -0.0824.